The van der Waals surface area contributed by atoms with Crippen molar-refractivity contribution in [1.29, 1.82) is 0 Å². The summed E-state index contributed by atoms with van der Waals surface area (Å²) in [5.74, 6) is 1.56. The summed E-state index contributed by atoms with van der Waals surface area (Å²) in [6.45, 7) is 3.89. The summed E-state index contributed by atoms with van der Waals surface area (Å²) in [5.41, 5.74) is 3.59. The molecule has 113 valence electrons. The second-order valence-electron chi connectivity index (χ2n) is 4.80. The molecule has 3 aromatic rings. The van der Waals surface area contributed by atoms with Crippen LogP contribution in [0.15, 0.2) is 54.7 Å². The molecule has 3 rings (SSSR count). The summed E-state index contributed by atoms with van der Waals surface area (Å²) >= 11 is 0. The molecule has 0 aliphatic heterocycles. The monoisotopic (exact) mass is 468 g/mol. The molecule has 0 spiro atoms. The Kier molecular flexibility index (Phi) is 5.42. The fourth-order valence-corrected chi connectivity index (χ4v) is 2.11. The van der Waals surface area contributed by atoms with Crippen LogP contribution in [0.5, 0.6) is 11.5 Å². The average molecular weight is 468 g/mol. The molecule has 0 aliphatic carbocycles. The van der Waals surface area contributed by atoms with Crippen LogP contribution >= 0.6 is 0 Å². The third kappa shape index (κ3) is 3.79. The molecule has 2 aromatic carbocycles. The van der Waals surface area contributed by atoms with Gasteiger partial charge in [-0.1, -0.05) is 18.2 Å². The van der Waals surface area contributed by atoms with Gasteiger partial charge in [0, 0.05) is 43.4 Å². The zero-order valence-electron chi connectivity index (χ0n) is 12.3. The summed E-state index contributed by atoms with van der Waals surface area (Å²) in [5, 5.41) is 0. The molecular formula is C18H15IrN2O-. The predicted octanol–water partition coefficient (Wildman–Crippen LogP) is 4.35. The maximum Gasteiger partial charge on any atom is 0.114 e. The van der Waals surface area contributed by atoms with Gasteiger partial charge in [-0.2, -0.15) is 0 Å². The van der Waals surface area contributed by atoms with Crippen molar-refractivity contribution in [2.24, 2.45) is 0 Å². The van der Waals surface area contributed by atoms with Crippen molar-refractivity contribution in [2.45, 2.75) is 13.8 Å². The first kappa shape index (κ1) is 16.3. The Hall–Kier alpha value is -2.03. The van der Waals surface area contributed by atoms with Gasteiger partial charge in [0.1, 0.15) is 5.75 Å². The van der Waals surface area contributed by atoms with Gasteiger partial charge in [0.2, 0.25) is 0 Å². The standard InChI is InChI=1S/C18H15N2O.Ir/c1-13-12-19-18(14(2)20-13)15-8-10-17(11-9-15)21-16-6-4-3-5-7-16;/h3-8,10-12H,1-2H3;/q-1;. The molecule has 0 atom stereocenters. The van der Waals surface area contributed by atoms with Gasteiger partial charge in [0.15, 0.2) is 0 Å². The van der Waals surface area contributed by atoms with E-state index in [9.17, 15) is 0 Å². The first-order valence-electron chi connectivity index (χ1n) is 6.77. The first-order valence-corrected chi connectivity index (χ1v) is 6.77. The molecule has 0 saturated heterocycles. The van der Waals surface area contributed by atoms with Crippen LogP contribution in [-0.4, -0.2) is 9.97 Å². The molecule has 0 fully saturated rings. The van der Waals surface area contributed by atoms with Crippen LogP contribution < -0.4 is 4.74 Å². The second kappa shape index (κ2) is 7.30. The topological polar surface area (TPSA) is 35.0 Å². The Bertz CT molecular complexity index is 743. The van der Waals surface area contributed by atoms with Gasteiger partial charge in [0.25, 0.3) is 0 Å². The minimum absolute atomic E-state index is 0. The zero-order valence-corrected chi connectivity index (χ0v) is 14.7. The maximum atomic E-state index is 5.75. The van der Waals surface area contributed by atoms with Gasteiger partial charge in [-0.15, -0.1) is 29.8 Å². The van der Waals surface area contributed by atoms with E-state index in [2.05, 4.69) is 16.0 Å². The minimum Gasteiger partial charge on any atom is -0.502 e. The average Bonchev–Trinajstić information content (AvgIpc) is 2.49. The van der Waals surface area contributed by atoms with E-state index in [1.807, 2.05) is 62.4 Å². The van der Waals surface area contributed by atoms with Crippen LogP contribution in [0.4, 0.5) is 0 Å². The molecule has 4 heteroatoms. The zero-order chi connectivity index (χ0) is 14.7. The Morgan fingerprint density at radius 1 is 0.955 bits per heavy atom. The van der Waals surface area contributed by atoms with Crippen molar-refractivity contribution < 1.29 is 24.8 Å². The smallest absolute Gasteiger partial charge is 0.114 e. The summed E-state index contributed by atoms with van der Waals surface area (Å²) in [7, 11) is 0. The molecule has 0 saturated carbocycles. The molecule has 1 aromatic heterocycles. The number of nitrogens with zero attached hydrogens (tertiary/aromatic N) is 2. The number of hydrogen-bond acceptors (Lipinski definition) is 3. The fourth-order valence-electron chi connectivity index (χ4n) is 2.11. The van der Waals surface area contributed by atoms with Gasteiger partial charge in [-0.3, -0.25) is 4.98 Å². The normalized spacial score (nSPS) is 9.91. The molecule has 1 radical (unpaired) electrons. The van der Waals surface area contributed by atoms with E-state index >= 15 is 0 Å². The van der Waals surface area contributed by atoms with Crippen LogP contribution in [0, 0.1) is 19.9 Å². The molecule has 3 nitrogen and oxygen atoms in total. The molecule has 0 unspecified atom stereocenters. The van der Waals surface area contributed by atoms with Crippen LogP contribution in [0.25, 0.3) is 11.3 Å². The molecule has 0 N–H and O–H groups in total. The van der Waals surface area contributed by atoms with E-state index < -0.39 is 0 Å². The summed E-state index contributed by atoms with van der Waals surface area (Å²) in [6, 6.07) is 18.6. The number of aromatic nitrogens is 2. The molecule has 22 heavy (non-hydrogen) atoms. The fraction of sp³-hybridized carbons (Fsp3) is 0.111. The Balaban J connectivity index is 0.00000176. The molecular weight excluding hydrogens is 452 g/mol. The number of benzene rings is 2. The van der Waals surface area contributed by atoms with E-state index in [4.69, 9.17) is 4.74 Å². The van der Waals surface area contributed by atoms with Crippen molar-refractivity contribution in [3.63, 3.8) is 0 Å². The van der Waals surface area contributed by atoms with Crippen LogP contribution in [0.2, 0.25) is 0 Å². The predicted molar refractivity (Wildman–Crippen MR) is 82.3 cm³/mol. The van der Waals surface area contributed by atoms with Crippen molar-refractivity contribution in [1.82, 2.24) is 9.97 Å². The van der Waals surface area contributed by atoms with Gasteiger partial charge in [-0.25, -0.2) is 0 Å². The number of para-hydroxylation sites is 1. The summed E-state index contributed by atoms with van der Waals surface area (Å²) in [4.78, 5) is 8.85. The Morgan fingerprint density at radius 3 is 2.36 bits per heavy atom. The Morgan fingerprint density at radius 2 is 1.73 bits per heavy atom. The molecule has 0 bridgehead atoms. The number of hydrogen-bond donors (Lipinski definition) is 0. The molecule has 0 amide bonds. The van der Waals surface area contributed by atoms with E-state index in [0.29, 0.717) is 0 Å². The van der Waals surface area contributed by atoms with Gasteiger partial charge >= 0.3 is 0 Å². The third-order valence-electron chi connectivity index (χ3n) is 3.09. The third-order valence-corrected chi connectivity index (χ3v) is 3.09. The molecule has 0 aliphatic rings. The van der Waals surface area contributed by atoms with E-state index in [-0.39, 0.29) is 20.1 Å². The van der Waals surface area contributed by atoms with Crippen molar-refractivity contribution in [2.75, 3.05) is 0 Å². The van der Waals surface area contributed by atoms with Gasteiger partial charge in [0.05, 0.1) is 5.69 Å². The number of rotatable bonds is 3. The van der Waals surface area contributed by atoms with Crippen molar-refractivity contribution in [3.05, 3.63) is 72.2 Å². The van der Waals surface area contributed by atoms with E-state index in [1.54, 1.807) is 6.20 Å². The minimum atomic E-state index is 0. The van der Waals surface area contributed by atoms with E-state index in [1.165, 1.54) is 0 Å². The SMILES string of the molecule is Cc1cnc(-c2[c-]cc(Oc3ccccc3)cc2)c(C)n1.[Ir]. The van der Waals surface area contributed by atoms with Crippen LogP contribution in [0.3, 0.4) is 0 Å². The first-order chi connectivity index (χ1) is 10.2. The number of aryl methyl sites for hydroxylation is 2. The van der Waals surface area contributed by atoms with Crippen molar-refractivity contribution >= 4 is 0 Å². The largest absolute Gasteiger partial charge is 0.502 e. The summed E-state index contributed by atoms with van der Waals surface area (Å²) < 4.78 is 5.75. The van der Waals surface area contributed by atoms with Gasteiger partial charge < -0.3 is 9.72 Å². The quantitative estimate of drug-likeness (QED) is 0.538. The van der Waals surface area contributed by atoms with Crippen LogP contribution in [0.1, 0.15) is 11.4 Å². The maximum absolute atomic E-state index is 5.75. The molecule has 1 heterocycles. The van der Waals surface area contributed by atoms with E-state index in [0.717, 1.165) is 34.1 Å². The Labute approximate surface area is 143 Å². The summed E-state index contributed by atoms with van der Waals surface area (Å²) in [6.07, 6.45) is 1.77. The second-order valence-corrected chi connectivity index (χ2v) is 4.80. The van der Waals surface area contributed by atoms with Crippen molar-refractivity contribution in [3.8, 4) is 22.8 Å². The number of ether oxygens (including phenoxy) is 1. The van der Waals surface area contributed by atoms with Crippen LogP contribution in [-0.2, 0) is 20.1 Å². The van der Waals surface area contributed by atoms with Gasteiger partial charge in [-0.05, 0) is 26.0 Å².